The van der Waals surface area contributed by atoms with Crippen LogP contribution >= 0.6 is 0 Å². The molecule has 2 aromatic rings. The van der Waals surface area contributed by atoms with E-state index in [9.17, 15) is 0 Å². The summed E-state index contributed by atoms with van der Waals surface area (Å²) >= 11 is 0. The van der Waals surface area contributed by atoms with E-state index >= 15 is 0 Å². The average Bonchev–Trinajstić information content (AvgIpc) is 2.80. The van der Waals surface area contributed by atoms with E-state index in [0.29, 0.717) is 0 Å². The smallest absolute Gasteiger partial charge is 0.119 e. The van der Waals surface area contributed by atoms with E-state index < -0.39 is 16.1 Å². The second kappa shape index (κ2) is 11.9. The van der Waals surface area contributed by atoms with Crippen LogP contribution in [0.25, 0.3) is 0 Å². The maximum absolute atomic E-state index is 6.07. The standard InChI is InChI=1S/C30H48O2Si2/c1-33(2,3)24-10-22-31-28-16-12-26(13-17-28)30(20-8-7-9-21-30)27-14-18-29(19-15-27)32-23-11-25-34(4,5)6/h12-19H,7-11,20-25H2,1-6H3. The fourth-order valence-corrected chi connectivity index (χ4v) is 7.63. The molecule has 34 heavy (non-hydrogen) atoms. The Balaban J connectivity index is 1.65. The van der Waals surface area contributed by atoms with Gasteiger partial charge in [0.15, 0.2) is 0 Å². The predicted molar refractivity (Wildman–Crippen MR) is 153 cm³/mol. The van der Waals surface area contributed by atoms with E-state index in [1.165, 1.54) is 55.3 Å². The molecule has 0 N–H and O–H groups in total. The molecular formula is C30H48O2Si2. The van der Waals surface area contributed by atoms with Crippen LogP contribution in [0.4, 0.5) is 0 Å². The molecule has 2 nitrogen and oxygen atoms in total. The summed E-state index contributed by atoms with van der Waals surface area (Å²) in [6.45, 7) is 16.2. The molecule has 0 amide bonds. The molecule has 1 fully saturated rings. The molecule has 0 saturated heterocycles. The van der Waals surface area contributed by atoms with Crippen molar-refractivity contribution in [1.29, 1.82) is 0 Å². The van der Waals surface area contributed by atoms with Crippen LogP contribution in [-0.2, 0) is 5.41 Å². The first-order valence-electron chi connectivity index (χ1n) is 13.5. The van der Waals surface area contributed by atoms with Crippen LogP contribution < -0.4 is 9.47 Å². The number of hydrogen-bond acceptors (Lipinski definition) is 2. The lowest BCUT2D eigenvalue weighted by molar-refractivity contribution is 0.314. The van der Waals surface area contributed by atoms with Gasteiger partial charge < -0.3 is 9.47 Å². The number of ether oxygens (including phenoxy) is 2. The molecule has 3 rings (SSSR count). The van der Waals surface area contributed by atoms with Gasteiger partial charge in [0.1, 0.15) is 11.5 Å². The summed E-state index contributed by atoms with van der Waals surface area (Å²) in [5.74, 6) is 2.01. The monoisotopic (exact) mass is 496 g/mol. The van der Waals surface area contributed by atoms with E-state index in [-0.39, 0.29) is 5.41 Å². The molecule has 0 aliphatic heterocycles. The maximum atomic E-state index is 6.07. The minimum absolute atomic E-state index is 0.116. The summed E-state index contributed by atoms with van der Waals surface area (Å²) in [7, 11) is -1.97. The normalized spacial score (nSPS) is 16.3. The van der Waals surface area contributed by atoms with E-state index in [4.69, 9.17) is 9.47 Å². The zero-order valence-electron chi connectivity index (χ0n) is 22.7. The lowest BCUT2D eigenvalue weighted by Crippen LogP contribution is -2.30. The molecular weight excluding hydrogens is 449 g/mol. The summed E-state index contributed by atoms with van der Waals surface area (Å²) in [5.41, 5.74) is 2.99. The van der Waals surface area contributed by atoms with Crippen molar-refractivity contribution < 1.29 is 9.47 Å². The first-order chi connectivity index (χ1) is 16.1. The molecule has 0 heterocycles. The SMILES string of the molecule is C[Si](C)(C)CCCOc1ccc(C2(c3ccc(OCCC[Si](C)(C)C)cc3)CCCCC2)cc1. The molecule has 1 aliphatic carbocycles. The quantitative estimate of drug-likeness (QED) is 0.215. The fourth-order valence-electron chi connectivity index (χ4n) is 5.22. The Kier molecular flexibility index (Phi) is 9.51. The zero-order chi connectivity index (χ0) is 24.7. The van der Waals surface area contributed by atoms with Crippen LogP contribution in [0.15, 0.2) is 48.5 Å². The van der Waals surface area contributed by atoms with Gasteiger partial charge >= 0.3 is 0 Å². The number of rotatable bonds is 12. The van der Waals surface area contributed by atoms with Crippen LogP contribution in [0.3, 0.4) is 0 Å². The molecule has 0 unspecified atom stereocenters. The van der Waals surface area contributed by atoms with Crippen molar-refractivity contribution in [2.24, 2.45) is 0 Å². The van der Waals surface area contributed by atoms with Gasteiger partial charge in [-0.2, -0.15) is 0 Å². The molecule has 0 spiro atoms. The van der Waals surface area contributed by atoms with Gasteiger partial charge in [-0.15, -0.1) is 0 Å². The van der Waals surface area contributed by atoms with Crippen LogP contribution in [0.2, 0.25) is 51.4 Å². The molecule has 188 valence electrons. The molecule has 4 heteroatoms. The fraction of sp³-hybridized carbons (Fsp3) is 0.600. The summed E-state index contributed by atoms with van der Waals surface area (Å²) in [6, 6.07) is 20.7. The Morgan fingerprint density at radius 2 is 0.971 bits per heavy atom. The second-order valence-electron chi connectivity index (χ2n) is 12.7. The third-order valence-corrected chi connectivity index (χ3v) is 10.9. The van der Waals surface area contributed by atoms with Gasteiger partial charge in [0.05, 0.1) is 13.2 Å². The largest absolute Gasteiger partial charge is 0.494 e. The van der Waals surface area contributed by atoms with Crippen molar-refractivity contribution in [3.63, 3.8) is 0 Å². The highest BCUT2D eigenvalue weighted by molar-refractivity contribution is 6.76. The molecule has 0 atom stereocenters. The topological polar surface area (TPSA) is 18.5 Å². The lowest BCUT2D eigenvalue weighted by atomic mass is 9.65. The van der Waals surface area contributed by atoms with Crippen molar-refractivity contribution in [1.82, 2.24) is 0 Å². The Bertz CT molecular complexity index is 787. The minimum Gasteiger partial charge on any atom is -0.494 e. The Hall–Kier alpha value is -1.53. The van der Waals surface area contributed by atoms with Gasteiger partial charge in [0.25, 0.3) is 0 Å². The van der Waals surface area contributed by atoms with E-state index in [1.54, 1.807) is 0 Å². The summed E-state index contributed by atoms with van der Waals surface area (Å²) in [5, 5.41) is 0. The molecule has 2 aromatic carbocycles. The maximum Gasteiger partial charge on any atom is 0.119 e. The molecule has 0 radical (unpaired) electrons. The molecule has 1 saturated carbocycles. The van der Waals surface area contributed by atoms with Crippen LogP contribution in [-0.4, -0.2) is 29.4 Å². The molecule has 0 bridgehead atoms. The minimum atomic E-state index is -0.983. The first kappa shape index (κ1) is 27.1. The van der Waals surface area contributed by atoms with Gasteiger partial charge in [0.2, 0.25) is 0 Å². The summed E-state index contributed by atoms with van der Waals surface area (Å²) in [6.07, 6.45) is 8.70. The van der Waals surface area contributed by atoms with E-state index in [0.717, 1.165) is 37.6 Å². The highest BCUT2D eigenvalue weighted by Crippen LogP contribution is 2.45. The van der Waals surface area contributed by atoms with Crippen molar-refractivity contribution in [2.45, 2.75) is 102 Å². The van der Waals surface area contributed by atoms with Crippen LogP contribution in [0.1, 0.15) is 56.1 Å². The molecule has 0 aromatic heterocycles. The highest BCUT2D eigenvalue weighted by Gasteiger charge is 2.35. The van der Waals surface area contributed by atoms with Crippen LogP contribution in [0, 0.1) is 0 Å². The van der Waals surface area contributed by atoms with Crippen molar-refractivity contribution in [2.75, 3.05) is 13.2 Å². The van der Waals surface area contributed by atoms with Crippen molar-refractivity contribution >= 4 is 16.1 Å². The van der Waals surface area contributed by atoms with Gasteiger partial charge in [0, 0.05) is 21.6 Å². The Labute approximate surface area is 211 Å². The second-order valence-corrected chi connectivity index (χ2v) is 24.0. The zero-order valence-corrected chi connectivity index (χ0v) is 24.7. The Morgan fingerprint density at radius 3 is 1.32 bits per heavy atom. The van der Waals surface area contributed by atoms with Crippen molar-refractivity contribution in [3.8, 4) is 11.5 Å². The van der Waals surface area contributed by atoms with Crippen LogP contribution in [0.5, 0.6) is 11.5 Å². The van der Waals surface area contributed by atoms with Gasteiger partial charge in [-0.05, 0) is 61.1 Å². The van der Waals surface area contributed by atoms with Gasteiger partial charge in [-0.3, -0.25) is 0 Å². The number of hydrogen-bond donors (Lipinski definition) is 0. The van der Waals surface area contributed by atoms with Gasteiger partial charge in [-0.1, -0.05) is 94.9 Å². The average molecular weight is 497 g/mol. The van der Waals surface area contributed by atoms with E-state index in [2.05, 4.69) is 87.8 Å². The van der Waals surface area contributed by atoms with Gasteiger partial charge in [-0.25, -0.2) is 0 Å². The third kappa shape index (κ3) is 8.30. The summed E-state index contributed by atoms with van der Waals surface area (Å²) in [4.78, 5) is 0. The summed E-state index contributed by atoms with van der Waals surface area (Å²) < 4.78 is 12.1. The Morgan fingerprint density at radius 1 is 0.588 bits per heavy atom. The third-order valence-electron chi connectivity index (χ3n) is 7.20. The lowest BCUT2D eigenvalue weighted by Gasteiger charge is -2.38. The predicted octanol–water partition coefficient (Wildman–Crippen LogP) is 9.15. The van der Waals surface area contributed by atoms with Crippen molar-refractivity contribution in [3.05, 3.63) is 59.7 Å². The first-order valence-corrected chi connectivity index (χ1v) is 21.0. The highest BCUT2D eigenvalue weighted by atomic mass is 28.3. The van der Waals surface area contributed by atoms with E-state index in [1.807, 2.05) is 0 Å². The molecule has 1 aliphatic rings. The number of benzene rings is 2.